The summed E-state index contributed by atoms with van der Waals surface area (Å²) in [5.74, 6) is -2.18. The van der Waals surface area contributed by atoms with Crippen molar-refractivity contribution in [2.45, 2.75) is 75.5 Å². The molecule has 0 saturated carbocycles. The van der Waals surface area contributed by atoms with Crippen molar-refractivity contribution in [3.63, 3.8) is 0 Å². The largest absolute Gasteiger partial charge is 0.480 e. The number of benzene rings is 1. The average Bonchev–Trinajstić information content (AvgIpc) is 2.90. The van der Waals surface area contributed by atoms with E-state index in [4.69, 9.17) is 17.2 Å². The first kappa shape index (κ1) is 33.4. The molecule has 0 spiro atoms. The van der Waals surface area contributed by atoms with E-state index in [-0.39, 0.29) is 12.8 Å². The second-order valence-electron chi connectivity index (χ2n) is 9.17. The Kier molecular flexibility index (Phi) is 17.0. The highest BCUT2D eigenvalue weighted by Crippen LogP contribution is 2.08. The number of aliphatic carboxylic acids is 1. The molecule has 0 radical (unpaired) electrons. The van der Waals surface area contributed by atoms with E-state index < -0.39 is 47.9 Å². The van der Waals surface area contributed by atoms with Gasteiger partial charge in [-0.2, -0.15) is 11.8 Å². The van der Waals surface area contributed by atoms with Gasteiger partial charge in [0, 0.05) is 0 Å². The Morgan fingerprint density at radius 1 is 0.789 bits per heavy atom. The van der Waals surface area contributed by atoms with Crippen molar-refractivity contribution in [3.05, 3.63) is 35.9 Å². The van der Waals surface area contributed by atoms with Crippen molar-refractivity contribution in [1.29, 1.82) is 0 Å². The van der Waals surface area contributed by atoms with E-state index in [9.17, 15) is 24.3 Å². The molecule has 10 N–H and O–H groups in total. The Balaban J connectivity index is 2.95. The van der Waals surface area contributed by atoms with Crippen molar-refractivity contribution in [1.82, 2.24) is 16.0 Å². The third-order valence-electron chi connectivity index (χ3n) is 6.02. The topological polar surface area (TPSA) is 203 Å². The van der Waals surface area contributed by atoms with Gasteiger partial charge in [-0.1, -0.05) is 30.3 Å². The molecule has 0 saturated heterocycles. The van der Waals surface area contributed by atoms with Crippen molar-refractivity contribution < 1.29 is 24.3 Å². The van der Waals surface area contributed by atoms with Crippen LogP contribution < -0.4 is 33.2 Å². The molecule has 3 amide bonds. The number of amides is 3. The number of hydrogen-bond acceptors (Lipinski definition) is 8. The first-order chi connectivity index (χ1) is 18.2. The van der Waals surface area contributed by atoms with Crippen LogP contribution >= 0.6 is 11.8 Å². The maximum atomic E-state index is 13.3. The van der Waals surface area contributed by atoms with Crippen molar-refractivity contribution in [2.24, 2.45) is 17.2 Å². The molecule has 0 aliphatic rings. The zero-order chi connectivity index (χ0) is 28.3. The van der Waals surface area contributed by atoms with Crippen LogP contribution in [0.3, 0.4) is 0 Å². The zero-order valence-corrected chi connectivity index (χ0v) is 23.0. The third kappa shape index (κ3) is 13.2. The zero-order valence-electron chi connectivity index (χ0n) is 22.2. The van der Waals surface area contributed by atoms with E-state index in [0.717, 1.165) is 5.56 Å². The Bertz CT molecular complexity index is 860. The van der Waals surface area contributed by atoms with Crippen LogP contribution in [-0.2, 0) is 25.6 Å². The lowest BCUT2D eigenvalue weighted by Crippen LogP contribution is -2.57. The molecular weight excluding hydrogens is 508 g/mol. The van der Waals surface area contributed by atoms with Gasteiger partial charge in [0.2, 0.25) is 17.7 Å². The highest BCUT2D eigenvalue weighted by atomic mass is 32.2. The van der Waals surface area contributed by atoms with Gasteiger partial charge in [0.25, 0.3) is 0 Å². The Hall–Kier alpha value is -2.67. The number of unbranched alkanes of at least 4 members (excludes halogenated alkanes) is 2. The second kappa shape index (κ2) is 19.4. The number of nitrogens with two attached hydrogens (primary N) is 3. The summed E-state index contributed by atoms with van der Waals surface area (Å²) in [7, 11) is 0. The number of carboxylic acids is 1. The summed E-state index contributed by atoms with van der Waals surface area (Å²) in [6, 6.07) is 5.49. The van der Waals surface area contributed by atoms with Gasteiger partial charge in [0.15, 0.2) is 0 Å². The standard InChI is InChI=1S/C26H44N6O5S/c1-38-16-13-22(26(36)37)32-25(35)21(12-6-8-15-28)31-24(34)20(11-5-7-14-27)30-23(33)19(29)17-18-9-3-2-4-10-18/h2-4,9-10,19-22H,5-8,11-17,27-29H2,1H3,(H,30,33)(H,31,34)(H,32,35)(H,36,37). The Morgan fingerprint density at radius 3 is 1.76 bits per heavy atom. The fraction of sp³-hybridized carbons (Fsp3) is 0.615. The number of nitrogens with one attached hydrogen (secondary N) is 3. The molecule has 1 rings (SSSR count). The van der Waals surface area contributed by atoms with Gasteiger partial charge in [-0.25, -0.2) is 4.79 Å². The van der Waals surface area contributed by atoms with E-state index in [1.165, 1.54) is 11.8 Å². The van der Waals surface area contributed by atoms with Crippen LogP contribution in [0.2, 0.25) is 0 Å². The number of thioether (sulfide) groups is 1. The molecule has 0 aromatic heterocycles. The molecule has 1 aromatic rings. The summed E-state index contributed by atoms with van der Waals surface area (Å²) >= 11 is 1.47. The summed E-state index contributed by atoms with van der Waals surface area (Å²) in [6.45, 7) is 0.859. The molecule has 1 aromatic carbocycles. The molecule has 0 aliphatic carbocycles. The number of hydrogen-bond donors (Lipinski definition) is 7. The highest BCUT2D eigenvalue weighted by molar-refractivity contribution is 7.98. The van der Waals surface area contributed by atoms with E-state index in [1.807, 2.05) is 36.6 Å². The molecule has 0 heterocycles. The summed E-state index contributed by atoms with van der Waals surface area (Å²) in [4.78, 5) is 50.8. The van der Waals surface area contributed by atoms with Crippen LogP contribution in [0.25, 0.3) is 0 Å². The van der Waals surface area contributed by atoms with E-state index >= 15 is 0 Å². The number of carbonyl (C=O) groups is 4. The fourth-order valence-corrected chi connectivity index (χ4v) is 4.27. The molecule has 4 unspecified atom stereocenters. The first-order valence-corrected chi connectivity index (χ1v) is 14.4. The molecule has 0 fully saturated rings. The van der Waals surface area contributed by atoms with E-state index in [2.05, 4.69) is 16.0 Å². The van der Waals surface area contributed by atoms with Gasteiger partial charge in [0.05, 0.1) is 6.04 Å². The van der Waals surface area contributed by atoms with Crippen LogP contribution in [0.5, 0.6) is 0 Å². The highest BCUT2D eigenvalue weighted by Gasteiger charge is 2.30. The number of rotatable bonds is 20. The summed E-state index contributed by atoms with van der Waals surface area (Å²) in [6.07, 6.45) is 5.44. The minimum atomic E-state index is -1.14. The van der Waals surface area contributed by atoms with Gasteiger partial charge < -0.3 is 38.3 Å². The van der Waals surface area contributed by atoms with Gasteiger partial charge in [-0.15, -0.1) is 0 Å². The monoisotopic (exact) mass is 552 g/mol. The Labute approximate surface area is 229 Å². The quantitative estimate of drug-likeness (QED) is 0.110. The maximum Gasteiger partial charge on any atom is 0.326 e. The lowest BCUT2D eigenvalue weighted by Gasteiger charge is -2.25. The summed E-state index contributed by atoms with van der Waals surface area (Å²) < 4.78 is 0. The molecule has 214 valence electrons. The lowest BCUT2D eigenvalue weighted by molar-refractivity contribution is -0.142. The van der Waals surface area contributed by atoms with Gasteiger partial charge in [-0.3, -0.25) is 14.4 Å². The van der Waals surface area contributed by atoms with Crippen molar-refractivity contribution in [2.75, 3.05) is 25.1 Å². The van der Waals surface area contributed by atoms with Gasteiger partial charge in [-0.05, 0) is 82.0 Å². The first-order valence-electron chi connectivity index (χ1n) is 13.1. The average molecular weight is 553 g/mol. The van der Waals surface area contributed by atoms with E-state index in [1.54, 1.807) is 0 Å². The van der Waals surface area contributed by atoms with Crippen molar-refractivity contribution in [3.8, 4) is 0 Å². The van der Waals surface area contributed by atoms with Gasteiger partial charge >= 0.3 is 5.97 Å². The van der Waals surface area contributed by atoms with Crippen molar-refractivity contribution >= 4 is 35.5 Å². The lowest BCUT2D eigenvalue weighted by atomic mass is 10.0. The second-order valence-corrected chi connectivity index (χ2v) is 10.2. The van der Waals surface area contributed by atoms with Gasteiger partial charge in [0.1, 0.15) is 18.1 Å². The van der Waals surface area contributed by atoms with Crippen LogP contribution in [0.4, 0.5) is 0 Å². The SMILES string of the molecule is CSCCC(NC(=O)C(CCCCN)NC(=O)C(CCCCN)NC(=O)C(N)Cc1ccccc1)C(=O)O. The normalized spacial score (nSPS) is 14.1. The Morgan fingerprint density at radius 2 is 1.29 bits per heavy atom. The number of carbonyl (C=O) groups excluding carboxylic acids is 3. The minimum Gasteiger partial charge on any atom is -0.480 e. The van der Waals surface area contributed by atoms with Crippen LogP contribution in [0.15, 0.2) is 30.3 Å². The number of carboxylic acid groups (broad SMARTS) is 1. The summed E-state index contributed by atoms with van der Waals surface area (Å²) in [5.41, 5.74) is 18.2. The maximum absolute atomic E-state index is 13.3. The smallest absolute Gasteiger partial charge is 0.326 e. The molecule has 0 aliphatic heterocycles. The van der Waals surface area contributed by atoms with Crippen LogP contribution in [0.1, 0.15) is 50.5 Å². The molecule has 11 nitrogen and oxygen atoms in total. The van der Waals surface area contributed by atoms with E-state index in [0.29, 0.717) is 57.4 Å². The molecular formula is C26H44N6O5S. The molecule has 38 heavy (non-hydrogen) atoms. The predicted molar refractivity (Wildman–Crippen MR) is 150 cm³/mol. The molecule has 4 atom stereocenters. The predicted octanol–water partition coefficient (Wildman–Crippen LogP) is 0.107. The molecule has 12 heteroatoms. The summed E-state index contributed by atoms with van der Waals surface area (Å²) in [5, 5.41) is 17.5. The minimum absolute atomic E-state index is 0.253. The van der Waals surface area contributed by atoms with Crippen LogP contribution in [0, 0.1) is 0 Å². The molecule has 0 bridgehead atoms. The third-order valence-corrected chi connectivity index (χ3v) is 6.66. The van der Waals surface area contributed by atoms with Crippen LogP contribution in [-0.4, -0.2) is 78.1 Å². The fourth-order valence-electron chi connectivity index (χ4n) is 3.80.